The van der Waals surface area contributed by atoms with Crippen molar-refractivity contribution in [2.45, 2.75) is 40.0 Å². The van der Waals surface area contributed by atoms with Crippen LogP contribution >= 0.6 is 0 Å². The molecule has 0 aliphatic carbocycles. The number of hydrogen-bond donors (Lipinski definition) is 2. The standard InChI is InChI=1S/C14H26N2O2/c1-5-7-8-11(13(15)17)12(9-10(3)4)14(18)16-6-2/h5,10-12H,1,6-9H2,2-4H3,(H2,15,17)(H,16,18)/t11-,12?/m0/s1. The predicted molar refractivity (Wildman–Crippen MR) is 73.7 cm³/mol. The highest BCUT2D eigenvalue weighted by Gasteiger charge is 2.31. The Morgan fingerprint density at radius 2 is 1.94 bits per heavy atom. The SMILES string of the molecule is C=CCC[C@H](C(N)=O)C(CC(C)C)C(=O)NCC. The van der Waals surface area contributed by atoms with Gasteiger partial charge in [0.2, 0.25) is 11.8 Å². The van der Waals surface area contributed by atoms with Gasteiger partial charge in [-0.2, -0.15) is 0 Å². The molecule has 0 bridgehead atoms. The van der Waals surface area contributed by atoms with E-state index in [0.29, 0.717) is 31.7 Å². The van der Waals surface area contributed by atoms with Crippen LogP contribution in [0.15, 0.2) is 12.7 Å². The molecule has 2 atom stereocenters. The van der Waals surface area contributed by atoms with Crippen LogP contribution in [0.5, 0.6) is 0 Å². The summed E-state index contributed by atoms with van der Waals surface area (Å²) in [5.41, 5.74) is 5.43. The fraction of sp³-hybridized carbons (Fsp3) is 0.714. The van der Waals surface area contributed by atoms with Crippen molar-refractivity contribution in [3.63, 3.8) is 0 Å². The Morgan fingerprint density at radius 3 is 2.33 bits per heavy atom. The van der Waals surface area contributed by atoms with Crippen molar-refractivity contribution in [3.05, 3.63) is 12.7 Å². The fourth-order valence-electron chi connectivity index (χ4n) is 2.11. The third-order valence-electron chi connectivity index (χ3n) is 2.95. The summed E-state index contributed by atoms with van der Waals surface area (Å²) in [4.78, 5) is 23.6. The van der Waals surface area contributed by atoms with Crippen molar-refractivity contribution in [2.75, 3.05) is 6.54 Å². The van der Waals surface area contributed by atoms with Crippen LogP contribution < -0.4 is 11.1 Å². The van der Waals surface area contributed by atoms with Crippen LogP contribution in [0.3, 0.4) is 0 Å². The lowest BCUT2D eigenvalue weighted by Gasteiger charge is -2.25. The molecule has 0 aliphatic heterocycles. The molecule has 0 aromatic rings. The molecule has 0 spiro atoms. The summed E-state index contributed by atoms with van der Waals surface area (Å²) < 4.78 is 0. The minimum atomic E-state index is -0.406. The van der Waals surface area contributed by atoms with Gasteiger partial charge in [-0.05, 0) is 32.1 Å². The number of allylic oxidation sites excluding steroid dienone is 1. The number of nitrogens with two attached hydrogens (primary N) is 1. The molecule has 2 amide bonds. The highest BCUT2D eigenvalue weighted by Crippen LogP contribution is 2.25. The van der Waals surface area contributed by atoms with E-state index < -0.39 is 11.8 Å². The Labute approximate surface area is 110 Å². The molecule has 104 valence electrons. The Bertz CT molecular complexity index is 288. The molecule has 4 nitrogen and oxygen atoms in total. The topological polar surface area (TPSA) is 72.2 Å². The van der Waals surface area contributed by atoms with Crippen LogP contribution in [0, 0.1) is 17.8 Å². The maximum Gasteiger partial charge on any atom is 0.223 e. The molecule has 0 heterocycles. The monoisotopic (exact) mass is 254 g/mol. The molecule has 0 aromatic heterocycles. The van der Waals surface area contributed by atoms with Crippen molar-refractivity contribution in [2.24, 2.45) is 23.5 Å². The van der Waals surface area contributed by atoms with Gasteiger partial charge in [0, 0.05) is 18.4 Å². The van der Waals surface area contributed by atoms with Crippen molar-refractivity contribution in [1.29, 1.82) is 0 Å². The maximum atomic E-state index is 12.0. The third-order valence-corrected chi connectivity index (χ3v) is 2.95. The zero-order valence-electron chi connectivity index (χ0n) is 11.7. The van der Waals surface area contributed by atoms with Crippen LogP contribution in [-0.2, 0) is 9.59 Å². The largest absolute Gasteiger partial charge is 0.369 e. The number of carbonyl (C=O) groups excluding carboxylic acids is 2. The second kappa shape index (κ2) is 8.72. The molecule has 0 saturated heterocycles. The zero-order chi connectivity index (χ0) is 14.1. The normalized spacial score (nSPS) is 14.0. The Kier molecular flexibility index (Phi) is 8.08. The Balaban J connectivity index is 4.89. The molecule has 0 aromatic carbocycles. The molecule has 0 radical (unpaired) electrons. The maximum absolute atomic E-state index is 12.0. The van der Waals surface area contributed by atoms with Gasteiger partial charge in [0.15, 0.2) is 0 Å². The first-order valence-corrected chi connectivity index (χ1v) is 6.61. The smallest absolute Gasteiger partial charge is 0.223 e. The molecule has 3 N–H and O–H groups in total. The van der Waals surface area contributed by atoms with Crippen molar-refractivity contribution >= 4 is 11.8 Å². The number of carbonyl (C=O) groups is 2. The molecule has 0 saturated carbocycles. The van der Waals surface area contributed by atoms with Gasteiger partial charge in [0.05, 0.1) is 0 Å². The highest BCUT2D eigenvalue weighted by atomic mass is 16.2. The van der Waals surface area contributed by atoms with Gasteiger partial charge in [0.25, 0.3) is 0 Å². The van der Waals surface area contributed by atoms with Gasteiger partial charge in [-0.25, -0.2) is 0 Å². The van der Waals surface area contributed by atoms with Gasteiger partial charge < -0.3 is 11.1 Å². The minimum absolute atomic E-state index is 0.0703. The first kappa shape index (κ1) is 16.7. The molecule has 4 heteroatoms. The predicted octanol–water partition coefficient (Wildman–Crippen LogP) is 1.85. The summed E-state index contributed by atoms with van der Waals surface area (Å²) in [6, 6.07) is 0. The van der Waals surface area contributed by atoms with Gasteiger partial charge in [-0.1, -0.05) is 19.9 Å². The Morgan fingerprint density at radius 1 is 1.33 bits per heavy atom. The number of hydrogen-bond acceptors (Lipinski definition) is 2. The molecule has 18 heavy (non-hydrogen) atoms. The van der Waals surface area contributed by atoms with E-state index in [9.17, 15) is 9.59 Å². The van der Waals surface area contributed by atoms with E-state index in [0.717, 1.165) is 0 Å². The summed E-state index contributed by atoms with van der Waals surface area (Å²) >= 11 is 0. The van der Waals surface area contributed by atoms with E-state index in [4.69, 9.17) is 5.73 Å². The lowest BCUT2D eigenvalue weighted by Crippen LogP contribution is -2.41. The van der Waals surface area contributed by atoms with E-state index in [-0.39, 0.29) is 11.8 Å². The lowest BCUT2D eigenvalue weighted by molar-refractivity contribution is -0.134. The number of nitrogens with one attached hydrogen (secondary N) is 1. The number of amides is 2. The summed E-state index contributed by atoms with van der Waals surface area (Å²) in [7, 11) is 0. The average molecular weight is 254 g/mol. The molecule has 0 aliphatic rings. The first-order chi connectivity index (χ1) is 8.43. The zero-order valence-corrected chi connectivity index (χ0v) is 11.7. The van der Waals surface area contributed by atoms with Crippen LogP contribution in [0.25, 0.3) is 0 Å². The van der Waals surface area contributed by atoms with E-state index in [2.05, 4.69) is 11.9 Å². The number of primary amides is 1. The quantitative estimate of drug-likeness (QED) is 0.616. The van der Waals surface area contributed by atoms with Crippen molar-refractivity contribution in [3.8, 4) is 0 Å². The lowest BCUT2D eigenvalue weighted by atomic mass is 9.81. The van der Waals surface area contributed by atoms with Gasteiger partial charge in [-0.3, -0.25) is 9.59 Å². The highest BCUT2D eigenvalue weighted by molar-refractivity contribution is 5.86. The van der Waals surface area contributed by atoms with E-state index >= 15 is 0 Å². The fourth-order valence-corrected chi connectivity index (χ4v) is 2.11. The van der Waals surface area contributed by atoms with Crippen LogP contribution in [0.2, 0.25) is 0 Å². The summed E-state index contributed by atoms with van der Waals surface area (Å²) in [5, 5.41) is 2.79. The summed E-state index contributed by atoms with van der Waals surface area (Å²) in [5.74, 6) is -0.852. The molecular weight excluding hydrogens is 228 g/mol. The van der Waals surface area contributed by atoms with Gasteiger partial charge in [0.1, 0.15) is 0 Å². The minimum Gasteiger partial charge on any atom is -0.369 e. The summed E-state index contributed by atoms with van der Waals surface area (Å²) in [6.07, 6.45) is 3.71. The first-order valence-electron chi connectivity index (χ1n) is 6.61. The van der Waals surface area contributed by atoms with Crippen LogP contribution in [0.1, 0.15) is 40.0 Å². The third kappa shape index (κ3) is 5.84. The summed E-state index contributed by atoms with van der Waals surface area (Å²) in [6.45, 7) is 10.2. The van der Waals surface area contributed by atoms with E-state index in [1.54, 1.807) is 6.08 Å². The molecule has 0 rings (SSSR count). The van der Waals surface area contributed by atoms with Crippen molar-refractivity contribution in [1.82, 2.24) is 5.32 Å². The molecule has 1 unspecified atom stereocenters. The van der Waals surface area contributed by atoms with E-state index in [1.165, 1.54) is 0 Å². The van der Waals surface area contributed by atoms with Gasteiger partial charge >= 0.3 is 0 Å². The van der Waals surface area contributed by atoms with Crippen LogP contribution in [0.4, 0.5) is 0 Å². The second-order valence-corrected chi connectivity index (χ2v) is 5.01. The second-order valence-electron chi connectivity index (χ2n) is 5.01. The van der Waals surface area contributed by atoms with Gasteiger partial charge in [-0.15, -0.1) is 6.58 Å². The van der Waals surface area contributed by atoms with E-state index in [1.807, 2.05) is 20.8 Å². The average Bonchev–Trinajstić information content (AvgIpc) is 2.27. The Hall–Kier alpha value is -1.32. The molecular formula is C14H26N2O2. The number of rotatable bonds is 9. The van der Waals surface area contributed by atoms with Crippen molar-refractivity contribution < 1.29 is 9.59 Å². The molecule has 0 fully saturated rings. The van der Waals surface area contributed by atoms with Crippen LogP contribution in [-0.4, -0.2) is 18.4 Å².